The van der Waals surface area contributed by atoms with Crippen LogP contribution in [0.3, 0.4) is 0 Å². The molecule has 0 spiro atoms. The molecule has 0 aliphatic heterocycles. The van der Waals surface area contributed by atoms with Gasteiger partial charge in [-0.15, -0.1) is 0 Å². The van der Waals surface area contributed by atoms with Crippen molar-refractivity contribution in [1.29, 1.82) is 0 Å². The third kappa shape index (κ3) is 2.28. The van der Waals surface area contributed by atoms with Crippen LogP contribution in [0, 0.1) is 34.5 Å². The summed E-state index contributed by atoms with van der Waals surface area (Å²) in [5.41, 5.74) is -1.59. The van der Waals surface area contributed by atoms with Crippen LogP contribution in [0.2, 0.25) is 0 Å². The Balaban J connectivity index is 1.78. The molecule has 0 aromatic heterocycles. The molecule has 5 nitrogen and oxygen atoms in total. The molecule has 8 atom stereocenters. The SMILES string of the molecule is C[C@H]1C[C@@H]2[C@H]([C@H](O)C[C@]3(C)[C@@H]2CC[C@]3(O)C(=O)CO)[C@]2(C)C=CC(=O)C=C12. The molecule has 27 heavy (non-hydrogen) atoms. The molecule has 148 valence electrons. The van der Waals surface area contributed by atoms with E-state index in [1.165, 1.54) is 0 Å². The third-order valence-electron chi connectivity index (χ3n) is 8.57. The van der Waals surface area contributed by atoms with Crippen LogP contribution < -0.4 is 0 Å². The predicted molar refractivity (Wildman–Crippen MR) is 99.6 cm³/mol. The van der Waals surface area contributed by atoms with E-state index in [0.29, 0.717) is 12.8 Å². The summed E-state index contributed by atoms with van der Waals surface area (Å²) in [6, 6.07) is 0. The number of rotatable bonds is 2. The van der Waals surface area contributed by atoms with Gasteiger partial charge in [0.15, 0.2) is 11.6 Å². The lowest BCUT2D eigenvalue weighted by atomic mass is 9.45. The van der Waals surface area contributed by atoms with Gasteiger partial charge in [0.25, 0.3) is 0 Å². The number of allylic oxidation sites excluding steroid dienone is 4. The molecule has 0 unspecified atom stereocenters. The van der Waals surface area contributed by atoms with E-state index >= 15 is 0 Å². The highest BCUT2D eigenvalue weighted by molar-refractivity contribution is 6.01. The zero-order valence-corrected chi connectivity index (χ0v) is 16.3. The van der Waals surface area contributed by atoms with Gasteiger partial charge in [0.05, 0.1) is 6.10 Å². The molecule has 0 bridgehead atoms. The molecule has 3 saturated carbocycles. The van der Waals surface area contributed by atoms with Gasteiger partial charge in [-0.2, -0.15) is 0 Å². The van der Waals surface area contributed by atoms with Crippen molar-refractivity contribution >= 4 is 11.6 Å². The highest BCUT2D eigenvalue weighted by Gasteiger charge is 2.68. The van der Waals surface area contributed by atoms with E-state index in [0.717, 1.165) is 18.4 Å². The molecule has 4 rings (SSSR count). The Labute approximate surface area is 160 Å². The largest absolute Gasteiger partial charge is 0.393 e. The molecule has 4 aliphatic carbocycles. The molecule has 0 heterocycles. The van der Waals surface area contributed by atoms with Gasteiger partial charge in [0.2, 0.25) is 0 Å². The summed E-state index contributed by atoms with van der Waals surface area (Å²) in [4.78, 5) is 24.4. The third-order valence-corrected chi connectivity index (χ3v) is 8.57. The first-order chi connectivity index (χ1) is 12.6. The molecule has 4 aliphatic rings. The fourth-order valence-corrected chi connectivity index (χ4v) is 7.34. The highest BCUT2D eigenvalue weighted by atomic mass is 16.3. The Hall–Kier alpha value is -1.30. The lowest BCUT2D eigenvalue weighted by Gasteiger charge is -2.60. The molecule has 0 saturated heterocycles. The molecule has 0 aromatic rings. The molecule has 0 radical (unpaired) electrons. The Kier molecular flexibility index (Phi) is 4.12. The van der Waals surface area contributed by atoms with E-state index in [2.05, 4.69) is 13.8 Å². The van der Waals surface area contributed by atoms with Crippen molar-refractivity contribution in [3.8, 4) is 0 Å². The number of ketones is 2. The second kappa shape index (κ2) is 5.85. The monoisotopic (exact) mass is 374 g/mol. The smallest absolute Gasteiger partial charge is 0.190 e. The second-order valence-corrected chi connectivity index (χ2v) is 9.72. The van der Waals surface area contributed by atoms with Gasteiger partial charge >= 0.3 is 0 Å². The van der Waals surface area contributed by atoms with Crippen LogP contribution in [0.5, 0.6) is 0 Å². The van der Waals surface area contributed by atoms with E-state index in [1.54, 1.807) is 12.2 Å². The fraction of sp³-hybridized carbons (Fsp3) is 0.727. The van der Waals surface area contributed by atoms with Crippen molar-refractivity contribution in [1.82, 2.24) is 0 Å². The van der Waals surface area contributed by atoms with Gasteiger partial charge in [0.1, 0.15) is 12.2 Å². The first-order valence-electron chi connectivity index (χ1n) is 10.1. The summed E-state index contributed by atoms with van der Waals surface area (Å²) in [5, 5.41) is 31.9. The molecule has 0 amide bonds. The van der Waals surface area contributed by atoms with Crippen LogP contribution in [0.4, 0.5) is 0 Å². The number of carbonyl (C=O) groups excluding carboxylic acids is 2. The Morgan fingerprint density at radius 1 is 1.33 bits per heavy atom. The summed E-state index contributed by atoms with van der Waals surface area (Å²) in [5.74, 6) is -0.0768. The van der Waals surface area contributed by atoms with Crippen LogP contribution in [0.15, 0.2) is 23.8 Å². The van der Waals surface area contributed by atoms with E-state index < -0.39 is 29.5 Å². The van der Waals surface area contributed by atoms with Crippen LogP contribution >= 0.6 is 0 Å². The standard InChI is InChI=1S/C22H30O5/c1-12-8-14-15-5-7-22(27,18(26)11-23)21(15,3)10-17(25)19(14)20(2)6-4-13(24)9-16(12)20/h4,6,9,12,14-15,17,19,23,25,27H,5,7-8,10-11H2,1-3H3/t12-,14-,15+,17+,19+,20+,21+,22-/m0/s1. The first-order valence-corrected chi connectivity index (χ1v) is 10.1. The number of Topliss-reactive ketones (excluding diaryl/α,β-unsaturated/α-hetero) is 1. The molecule has 3 N–H and O–H groups in total. The van der Waals surface area contributed by atoms with Crippen molar-refractivity contribution in [2.45, 2.75) is 58.2 Å². The maximum atomic E-state index is 12.4. The van der Waals surface area contributed by atoms with E-state index in [1.807, 2.05) is 13.0 Å². The van der Waals surface area contributed by atoms with Crippen molar-refractivity contribution < 1.29 is 24.9 Å². The first kappa shape index (κ1) is 19.0. The van der Waals surface area contributed by atoms with Gasteiger partial charge in [-0.1, -0.05) is 32.4 Å². The number of fused-ring (bicyclic) bond motifs is 5. The molecule has 0 aromatic carbocycles. The topological polar surface area (TPSA) is 94.8 Å². The van der Waals surface area contributed by atoms with Crippen molar-refractivity contribution in [2.75, 3.05) is 6.61 Å². The Bertz CT molecular complexity index is 754. The summed E-state index contributed by atoms with van der Waals surface area (Å²) in [7, 11) is 0. The maximum absolute atomic E-state index is 12.4. The Morgan fingerprint density at radius 2 is 2.04 bits per heavy atom. The lowest BCUT2D eigenvalue weighted by Crippen LogP contribution is -2.62. The molecule has 5 heteroatoms. The Morgan fingerprint density at radius 3 is 2.70 bits per heavy atom. The predicted octanol–water partition coefficient (Wildman–Crippen LogP) is 1.80. The number of aliphatic hydroxyl groups excluding tert-OH is 2. The molecular weight excluding hydrogens is 344 g/mol. The fourth-order valence-electron chi connectivity index (χ4n) is 7.34. The molecule has 3 fully saturated rings. The number of carbonyl (C=O) groups is 2. The minimum atomic E-state index is -1.57. The number of aliphatic hydroxyl groups is 3. The van der Waals surface area contributed by atoms with Crippen molar-refractivity contribution in [3.05, 3.63) is 23.8 Å². The van der Waals surface area contributed by atoms with Gasteiger partial charge < -0.3 is 15.3 Å². The van der Waals surface area contributed by atoms with E-state index in [4.69, 9.17) is 0 Å². The minimum Gasteiger partial charge on any atom is -0.393 e. The average Bonchev–Trinajstić information content (AvgIpc) is 2.87. The normalized spacial score (nSPS) is 51.3. The van der Waals surface area contributed by atoms with Gasteiger partial charge in [-0.25, -0.2) is 0 Å². The summed E-state index contributed by atoms with van der Waals surface area (Å²) in [6.07, 6.45) is 6.87. The van der Waals surface area contributed by atoms with Crippen LogP contribution in [0.1, 0.15) is 46.5 Å². The highest BCUT2D eigenvalue weighted by Crippen LogP contribution is 2.67. The zero-order valence-electron chi connectivity index (χ0n) is 16.3. The minimum absolute atomic E-state index is 0.00620. The van der Waals surface area contributed by atoms with Gasteiger partial charge in [-0.3, -0.25) is 9.59 Å². The quantitative estimate of drug-likeness (QED) is 0.685. The van der Waals surface area contributed by atoms with Gasteiger partial charge in [0, 0.05) is 16.7 Å². The van der Waals surface area contributed by atoms with Crippen molar-refractivity contribution in [3.63, 3.8) is 0 Å². The average molecular weight is 374 g/mol. The number of hydrogen-bond donors (Lipinski definition) is 3. The molecular formula is C22H30O5. The van der Waals surface area contributed by atoms with E-state index in [9.17, 15) is 24.9 Å². The van der Waals surface area contributed by atoms with Crippen molar-refractivity contribution in [2.24, 2.45) is 34.5 Å². The van der Waals surface area contributed by atoms with E-state index in [-0.39, 0.29) is 34.9 Å². The maximum Gasteiger partial charge on any atom is 0.190 e. The van der Waals surface area contributed by atoms with Crippen LogP contribution in [0.25, 0.3) is 0 Å². The summed E-state index contributed by atoms with van der Waals surface area (Å²) >= 11 is 0. The lowest BCUT2D eigenvalue weighted by molar-refractivity contribution is -0.180. The van der Waals surface area contributed by atoms with Gasteiger partial charge in [-0.05, 0) is 55.6 Å². The summed E-state index contributed by atoms with van der Waals surface area (Å²) < 4.78 is 0. The zero-order chi connectivity index (χ0) is 19.8. The summed E-state index contributed by atoms with van der Waals surface area (Å²) in [6.45, 7) is 5.48. The van der Waals surface area contributed by atoms with Crippen LogP contribution in [-0.2, 0) is 9.59 Å². The second-order valence-electron chi connectivity index (χ2n) is 9.72. The number of hydrogen-bond acceptors (Lipinski definition) is 5. The van der Waals surface area contributed by atoms with Crippen LogP contribution in [-0.4, -0.2) is 45.2 Å².